The average molecular weight is 443 g/mol. The summed E-state index contributed by atoms with van der Waals surface area (Å²) in [5.74, 6) is 0.0917. The van der Waals surface area contributed by atoms with Gasteiger partial charge in [-0.2, -0.15) is 4.68 Å². The second-order valence-electron chi connectivity index (χ2n) is 7.14. The lowest BCUT2D eigenvalue weighted by Crippen LogP contribution is -2.36. The maximum atomic E-state index is 13.0. The Morgan fingerprint density at radius 2 is 1.97 bits per heavy atom. The van der Waals surface area contributed by atoms with E-state index in [4.69, 9.17) is 21.1 Å². The lowest BCUT2D eigenvalue weighted by atomic mass is 10.1. The van der Waals surface area contributed by atoms with E-state index in [0.717, 1.165) is 37.6 Å². The first-order valence-electron chi connectivity index (χ1n) is 9.91. The molecule has 2 heterocycles. The smallest absolute Gasteiger partial charge is 0.255 e. The quantitative estimate of drug-likeness (QED) is 0.627. The number of anilines is 1. The molecule has 0 spiro atoms. The summed E-state index contributed by atoms with van der Waals surface area (Å²) < 4.78 is 12.2. The minimum atomic E-state index is -0.285. The number of aromatic nitrogens is 4. The molecule has 1 amide bonds. The molecule has 162 valence electrons. The van der Waals surface area contributed by atoms with Crippen LogP contribution in [0.4, 0.5) is 5.69 Å². The third kappa shape index (κ3) is 4.62. The number of morpholine rings is 1. The largest absolute Gasteiger partial charge is 0.496 e. The Hall–Kier alpha value is -3.17. The van der Waals surface area contributed by atoms with Gasteiger partial charge in [0.15, 0.2) is 0 Å². The molecular weight excluding hydrogens is 420 g/mol. The van der Waals surface area contributed by atoms with Gasteiger partial charge in [0.25, 0.3) is 5.91 Å². The monoisotopic (exact) mass is 442 g/mol. The topological polar surface area (TPSA) is 94.4 Å². The van der Waals surface area contributed by atoms with Gasteiger partial charge in [-0.3, -0.25) is 4.79 Å². The number of amides is 1. The van der Waals surface area contributed by atoms with E-state index in [2.05, 4.69) is 37.9 Å². The first kappa shape index (κ1) is 21.1. The van der Waals surface area contributed by atoms with Crippen molar-refractivity contribution in [2.24, 2.45) is 0 Å². The van der Waals surface area contributed by atoms with Crippen molar-refractivity contribution >= 4 is 23.2 Å². The van der Waals surface area contributed by atoms with Crippen molar-refractivity contribution < 1.29 is 14.3 Å². The SMILES string of the molecule is COc1cc(-n2cnnn2)c(Cl)cc1C(=O)NC(C)c1ccc(N2CCOCC2)cc1. The molecule has 2 aromatic carbocycles. The fourth-order valence-corrected chi connectivity index (χ4v) is 3.74. The zero-order valence-corrected chi connectivity index (χ0v) is 18.0. The minimum Gasteiger partial charge on any atom is -0.496 e. The molecule has 0 radical (unpaired) electrons. The standard InChI is InChI=1S/C21H23ClN6O3/c1-14(15-3-5-16(6-4-15)27-7-9-31-10-8-27)24-21(29)17-11-18(22)19(12-20(17)30-2)28-13-23-25-26-28/h3-6,11-14H,7-10H2,1-2H3,(H,24,29). The summed E-state index contributed by atoms with van der Waals surface area (Å²) in [6.45, 7) is 5.18. The Labute approximate surface area is 184 Å². The summed E-state index contributed by atoms with van der Waals surface area (Å²) in [6.07, 6.45) is 1.42. The number of hydrogen-bond donors (Lipinski definition) is 1. The van der Waals surface area contributed by atoms with Gasteiger partial charge in [0.1, 0.15) is 12.1 Å². The van der Waals surface area contributed by atoms with E-state index in [9.17, 15) is 4.79 Å². The molecule has 31 heavy (non-hydrogen) atoms. The number of tetrazole rings is 1. The molecule has 1 atom stereocenters. The highest BCUT2D eigenvalue weighted by Crippen LogP contribution is 2.30. The lowest BCUT2D eigenvalue weighted by Gasteiger charge is -2.29. The van der Waals surface area contributed by atoms with Gasteiger partial charge in [-0.25, -0.2) is 0 Å². The van der Waals surface area contributed by atoms with Gasteiger partial charge in [0.2, 0.25) is 0 Å². The molecule has 0 bridgehead atoms. The fraction of sp³-hybridized carbons (Fsp3) is 0.333. The van der Waals surface area contributed by atoms with Crippen molar-refractivity contribution in [2.45, 2.75) is 13.0 Å². The van der Waals surface area contributed by atoms with Crippen LogP contribution in [0.25, 0.3) is 5.69 Å². The van der Waals surface area contributed by atoms with Crippen molar-refractivity contribution in [3.8, 4) is 11.4 Å². The maximum absolute atomic E-state index is 13.0. The van der Waals surface area contributed by atoms with E-state index in [-0.39, 0.29) is 11.9 Å². The molecule has 0 saturated carbocycles. The van der Waals surface area contributed by atoms with Gasteiger partial charge in [-0.05, 0) is 41.1 Å². The van der Waals surface area contributed by atoms with Crippen LogP contribution in [0.5, 0.6) is 5.75 Å². The number of rotatable bonds is 6. The number of benzene rings is 2. The second kappa shape index (κ2) is 9.32. The van der Waals surface area contributed by atoms with Crippen LogP contribution in [0, 0.1) is 0 Å². The number of ether oxygens (including phenoxy) is 2. The second-order valence-corrected chi connectivity index (χ2v) is 7.55. The Morgan fingerprint density at radius 1 is 1.23 bits per heavy atom. The van der Waals surface area contributed by atoms with Crippen molar-refractivity contribution in [1.82, 2.24) is 25.5 Å². The Morgan fingerprint density at radius 3 is 2.61 bits per heavy atom. The van der Waals surface area contributed by atoms with Crippen molar-refractivity contribution in [1.29, 1.82) is 0 Å². The van der Waals surface area contributed by atoms with Crippen LogP contribution in [0.15, 0.2) is 42.7 Å². The van der Waals surface area contributed by atoms with Crippen LogP contribution in [-0.2, 0) is 4.74 Å². The molecule has 1 fully saturated rings. The Bertz CT molecular complexity index is 1040. The van der Waals surface area contributed by atoms with Gasteiger partial charge in [-0.15, -0.1) is 5.10 Å². The van der Waals surface area contributed by atoms with E-state index in [1.165, 1.54) is 18.1 Å². The zero-order valence-electron chi connectivity index (χ0n) is 17.3. The highest BCUT2D eigenvalue weighted by Gasteiger charge is 2.20. The molecule has 1 unspecified atom stereocenters. The van der Waals surface area contributed by atoms with Crippen molar-refractivity contribution in [3.05, 3.63) is 58.9 Å². The Balaban J connectivity index is 1.49. The van der Waals surface area contributed by atoms with Crippen LogP contribution in [0.2, 0.25) is 5.02 Å². The van der Waals surface area contributed by atoms with Crippen LogP contribution < -0.4 is 15.0 Å². The molecule has 3 aromatic rings. The third-order valence-electron chi connectivity index (χ3n) is 5.23. The first-order chi connectivity index (χ1) is 15.1. The van der Waals surface area contributed by atoms with E-state index in [1.807, 2.05) is 19.1 Å². The number of carbonyl (C=O) groups excluding carboxylic acids is 1. The predicted molar refractivity (Wildman–Crippen MR) is 116 cm³/mol. The van der Waals surface area contributed by atoms with Gasteiger partial charge in [0, 0.05) is 24.8 Å². The summed E-state index contributed by atoms with van der Waals surface area (Å²) in [4.78, 5) is 15.2. The predicted octanol–water partition coefficient (Wildman–Crippen LogP) is 2.65. The summed E-state index contributed by atoms with van der Waals surface area (Å²) >= 11 is 6.37. The third-order valence-corrected chi connectivity index (χ3v) is 5.53. The maximum Gasteiger partial charge on any atom is 0.255 e. The van der Waals surface area contributed by atoms with E-state index < -0.39 is 0 Å². The summed E-state index contributed by atoms with van der Waals surface area (Å²) in [5.41, 5.74) is 3.01. The number of halogens is 1. The number of hydrogen-bond acceptors (Lipinski definition) is 7. The molecule has 1 aliphatic heterocycles. The van der Waals surface area contributed by atoms with Crippen LogP contribution >= 0.6 is 11.6 Å². The fourth-order valence-electron chi connectivity index (χ4n) is 3.49. The molecule has 9 nitrogen and oxygen atoms in total. The van der Waals surface area contributed by atoms with Crippen LogP contribution in [0.1, 0.15) is 28.9 Å². The summed E-state index contributed by atoms with van der Waals surface area (Å²) in [5, 5.41) is 14.4. The number of methoxy groups -OCH3 is 1. The van der Waals surface area contributed by atoms with Gasteiger partial charge in [0.05, 0.1) is 42.6 Å². The van der Waals surface area contributed by atoms with Gasteiger partial charge < -0.3 is 19.7 Å². The van der Waals surface area contributed by atoms with Crippen molar-refractivity contribution in [2.75, 3.05) is 38.3 Å². The number of nitrogens with one attached hydrogen (secondary N) is 1. The summed E-state index contributed by atoms with van der Waals surface area (Å²) in [6, 6.07) is 11.2. The van der Waals surface area contributed by atoms with Crippen molar-refractivity contribution in [3.63, 3.8) is 0 Å². The van der Waals surface area contributed by atoms with Gasteiger partial charge >= 0.3 is 0 Å². The molecule has 10 heteroatoms. The zero-order chi connectivity index (χ0) is 21.8. The highest BCUT2D eigenvalue weighted by molar-refractivity contribution is 6.33. The molecule has 4 rings (SSSR count). The minimum absolute atomic E-state index is 0.200. The molecular formula is C21H23ClN6O3. The molecule has 1 aromatic heterocycles. The summed E-state index contributed by atoms with van der Waals surface area (Å²) in [7, 11) is 1.50. The van der Waals surface area contributed by atoms with E-state index >= 15 is 0 Å². The highest BCUT2D eigenvalue weighted by atomic mass is 35.5. The lowest BCUT2D eigenvalue weighted by molar-refractivity contribution is 0.0937. The number of carbonyl (C=O) groups is 1. The van der Waals surface area contributed by atoms with Gasteiger partial charge in [-0.1, -0.05) is 23.7 Å². The number of nitrogens with zero attached hydrogens (tertiary/aromatic N) is 5. The molecule has 0 aliphatic carbocycles. The van der Waals surface area contributed by atoms with E-state index in [0.29, 0.717) is 22.0 Å². The molecule has 1 saturated heterocycles. The average Bonchev–Trinajstić information content (AvgIpc) is 3.34. The molecule has 1 N–H and O–H groups in total. The van der Waals surface area contributed by atoms with E-state index in [1.54, 1.807) is 12.1 Å². The normalized spacial score (nSPS) is 14.9. The van der Waals surface area contributed by atoms with Crippen LogP contribution in [-0.4, -0.2) is 59.5 Å². The first-order valence-corrected chi connectivity index (χ1v) is 10.3. The molecule has 1 aliphatic rings. The Kier molecular flexibility index (Phi) is 6.34. The van der Waals surface area contributed by atoms with Crippen LogP contribution in [0.3, 0.4) is 0 Å².